The number of hydrogen-bond acceptors (Lipinski definition) is 3. The number of nitrogens with zero attached hydrogens (tertiary/aromatic N) is 2. The lowest BCUT2D eigenvalue weighted by atomic mass is 10.1. The Balaban J connectivity index is 1.60. The number of rotatable bonds is 3. The molecule has 1 aromatic heterocycles. The highest BCUT2D eigenvalue weighted by Crippen LogP contribution is 2.20. The van der Waals surface area contributed by atoms with Crippen LogP contribution in [0, 0.1) is 11.9 Å². The molecule has 3 rings (SSSR count). The molecule has 1 aliphatic heterocycles. The molecular formula is C17H16FN3O2. The molecule has 1 aliphatic rings. The number of hydrogen-bond donors (Lipinski definition) is 1. The van der Waals surface area contributed by atoms with E-state index in [1.807, 2.05) is 18.2 Å². The minimum Gasteiger partial charge on any atom is -0.338 e. The van der Waals surface area contributed by atoms with E-state index >= 15 is 0 Å². The fourth-order valence-electron chi connectivity index (χ4n) is 2.62. The predicted molar refractivity (Wildman–Crippen MR) is 83.3 cm³/mol. The quantitative estimate of drug-likeness (QED) is 0.885. The highest BCUT2D eigenvalue weighted by molar-refractivity contribution is 5.96. The summed E-state index contributed by atoms with van der Waals surface area (Å²) in [6, 6.07) is 11.7. The van der Waals surface area contributed by atoms with Crippen LogP contribution in [0.25, 0.3) is 0 Å². The summed E-state index contributed by atoms with van der Waals surface area (Å²) in [6.45, 7) is 0.932. The molecular weight excluding hydrogens is 297 g/mol. The normalized spacial score (nSPS) is 17.1. The van der Waals surface area contributed by atoms with Crippen molar-refractivity contribution in [3.63, 3.8) is 0 Å². The van der Waals surface area contributed by atoms with Crippen molar-refractivity contribution in [3.8, 4) is 0 Å². The van der Waals surface area contributed by atoms with Crippen molar-refractivity contribution < 1.29 is 14.0 Å². The summed E-state index contributed by atoms with van der Waals surface area (Å²) in [5.74, 6) is -1.11. The van der Waals surface area contributed by atoms with Crippen LogP contribution in [0.1, 0.15) is 16.8 Å². The minimum absolute atomic E-state index is 0.0654. The summed E-state index contributed by atoms with van der Waals surface area (Å²) in [5.41, 5.74) is 1.07. The smallest absolute Gasteiger partial charge is 0.253 e. The summed E-state index contributed by atoms with van der Waals surface area (Å²) < 4.78 is 12.8. The third-order valence-corrected chi connectivity index (χ3v) is 3.86. The summed E-state index contributed by atoms with van der Waals surface area (Å²) in [7, 11) is 0. The van der Waals surface area contributed by atoms with E-state index in [0.717, 1.165) is 0 Å². The second-order valence-electron chi connectivity index (χ2n) is 5.46. The predicted octanol–water partition coefficient (Wildman–Crippen LogP) is 2.32. The molecule has 1 aromatic carbocycles. The maximum absolute atomic E-state index is 12.8. The number of nitrogens with one attached hydrogen (secondary N) is 1. The van der Waals surface area contributed by atoms with Gasteiger partial charge in [-0.1, -0.05) is 18.2 Å². The molecule has 0 bridgehead atoms. The number of benzene rings is 1. The highest BCUT2D eigenvalue weighted by Gasteiger charge is 2.31. The van der Waals surface area contributed by atoms with E-state index in [9.17, 15) is 14.0 Å². The minimum atomic E-state index is -0.594. The van der Waals surface area contributed by atoms with E-state index in [1.54, 1.807) is 17.0 Å². The van der Waals surface area contributed by atoms with Crippen LogP contribution in [0.4, 0.5) is 10.1 Å². The molecule has 0 spiro atoms. The Bertz CT molecular complexity index is 704. The lowest BCUT2D eigenvalue weighted by Gasteiger charge is -2.16. The first-order valence-corrected chi connectivity index (χ1v) is 7.40. The van der Waals surface area contributed by atoms with Crippen LogP contribution < -0.4 is 5.32 Å². The van der Waals surface area contributed by atoms with Crippen molar-refractivity contribution in [3.05, 3.63) is 60.2 Å². The topological polar surface area (TPSA) is 62.3 Å². The molecule has 0 saturated carbocycles. The van der Waals surface area contributed by atoms with Crippen LogP contribution in [0.5, 0.6) is 0 Å². The molecule has 1 N–H and O–H groups in total. The molecule has 6 heteroatoms. The van der Waals surface area contributed by atoms with Crippen LogP contribution in [0.15, 0.2) is 48.7 Å². The number of aromatic nitrogens is 1. The Morgan fingerprint density at radius 1 is 1.17 bits per heavy atom. The molecule has 23 heavy (non-hydrogen) atoms. The Labute approximate surface area is 133 Å². The van der Waals surface area contributed by atoms with Crippen LogP contribution in [0.3, 0.4) is 0 Å². The molecule has 1 fully saturated rings. The molecule has 5 nitrogen and oxygen atoms in total. The van der Waals surface area contributed by atoms with Crippen LogP contribution in [0.2, 0.25) is 0 Å². The van der Waals surface area contributed by atoms with E-state index in [2.05, 4.69) is 10.3 Å². The number of halogens is 1. The average molecular weight is 313 g/mol. The molecule has 118 valence electrons. The maximum Gasteiger partial charge on any atom is 0.253 e. The number of carbonyl (C=O) groups is 2. The molecule has 1 unspecified atom stereocenters. The Hall–Kier alpha value is -2.76. The van der Waals surface area contributed by atoms with Gasteiger partial charge in [-0.3, -0.25) is 9.59 Å². The van der Waals surface area contributed by atoms with Crippen molar-refractivity contribution in [1.82, 2.24) is 9.88 Å². The first-order valence-electron chi connectivity index (χ1n) is 7.40. The van der Waals surface area contributed by atoms with Crippen LogP contribution in [-0.4, -0.2) is 34.8 Å². The maximum atomic E-state index is 12.8. The van der Waals surface area contributed by atoms with Gasteiger partial charge >= 0.3 is 0 Å². The Morgan fingerprint density at radius 3 is 2.65 bits per heavy atom. The number of amides is 2. The Kier molecular flexibility index (Phi) is 4.32. The molecule has 0 radical (unpaired) electrons. The number of anilines is 1. The van der Waals surface area contributed by atoms with Gasteiger partial charge in [0.15, 0.2) is 0 Å². The Morgan fingerprint density at radius 2 is 1.96 bits per heavy atom. The molecule has 0 aliphatic carbocycles. The molecule has 1 atom stereocenters. The second kappa shape index (κ2) is 6.56. The van der Waals surface area contributed by atoms with Gasteiger partial charge in [0.25, 0.3) is 5.91 Å². The van der Waals surface area contributed by atoms with Crippen molar-refractivity contribution >= 4 is 17.5 Å². The summed E-state index contributed by atoms with van der Waals surface area (Å²) in [5, 5.41) is 2.70. The summed E-state index contributed by atoms with van der Waals surface area (Å²) in [4.78, 5) is 29.8. The van der Waals surface area contributed by atoms with Gasteiger partial charge < -0.3 is 10.2 Å². The van der Waals surface area contributed by atoms with Gasteiger partial charge in [0.2, 0.25) is 11.9 Å². The summed E-state index contributed by atoms with van der Waals surface area (Å²) >= 11 is 0. The molecule has 2 amide bonds. The molecule has 2 aromatic rings. The zero-order valence-electron chi connectivity index (χ0n) is 12.4. The molecule has 2 heterocycles. The van der Waals surface area contributed by atoms with E-state index in [0.29, 0.717) is 30.8 Å². The van der Waals surface area contributed by atoms with Crippen molar-refractivity contribution in [2.45, 2.75) is 6.42 Å². The zero-order chi connectivity index (χ0) is 16.2. The summed E-state index contributed by atoms with van der Waals surface area (Å²) in [6.07, 6.45) is 1.88. The number of likely N-dealkylation sites (tertiary alicyclic amines) is 1. The third-order valence-electron chi connectivity index (χ3n) is 3.86. The first kappa shape index (κ1) is 15.1. The second-order valence-corrected chi connectivity index (χ2v) is 5.46. The first-order chi connectivity index (χ1) is 11.1. The van der Waals surface area contributed by atoms with Gasteiger partial charge in [0.05, 0.1) is 17.8 Å². The van der Waals surface area contributed by atoms with E-state index in [1.165, 1.54) is 18.3 Å². The van der Waals surface area contributed by atoms with Crippen LogP contribution >= 0.6 is 0 Å². The SMILES string of the molecule is O=C(Nc1ccc(F)nc1)C1CCN(C(=O)c2ccccc2)C1. The van der Waals surface area contributed by atoms with Gasteiger partial charge in [-0.2, -0.15) is 4.39 Å². The van der Waals surface area contributed by atoms with Crippen molar-refractivity contribution in [2.24, 2.45) is 5.92 Å². The number of pyridine rings is 1. The van der Waals surface area contributed by atoms with Gasteiger partial charge in [-0.05, 0) is 30.7 Å². The van der Waals surface area contributed by atoms with E-state index in [4.69, 9.17) is 0 Å². The fourth-order valence-corrected chi connectivity index (χ4v) is 2.62. The van der Waals surface area contributed by atoms with Gasteiger partial charge in [0.1, 0.15) is 0 Å². The zero-order valence-corrected chi connectivity index (χ0v) is 12.4. The highest BCUT2D eigenvalue weighted by atomic mass is 19.1. The van der Waals surface area contributed by atoms with E-state index in [-0.39, 0.29) is 17.7 Å². The van der Waals surface area contributed by atoms with Crippen molar-refractivity contribution in [2.75, 3.05) is 18.4 Å². The number of carbonyl (C=O) groups excluding carboxylic acids is 2. The third kappa shape index (κ3) is 3.53. The van der Waals surface area contributed by atoms with Gasteiger partial charge in [-0.25, -0.2) is 4.98 Å². The molecule has 1 saturated heterocycles. The standard InChI is InChI=1S/C17H16FN3O2/c18-15-7-6-14(10-19-15)20-16(22)13-8-9-21(11-13)17(23)12-4-2-1-3-5-12/h1-7,10,13H,8-9,11H2,(H,20,22). The fraction of sp³-hybridized carbons (Fsp3) is 0.235. The van der Waals surface area contributed by atoms with E-state index < -0.39 is 5.95 Å². The van der Waals surface area contributed by atoms with Crippen molar-refractivity contribution in [1.29, 1.82) is 0 Å². The lowest BCUT2D eigenvalue weighted by Crippen LogP contribution is -2.31. The lowest BCUT2D eigenvalue weighted by molar-refractivity contribution is -0.119. The largest absolute Gasteiger partial charge is 0.338 e. The van der Waals surface area contributed by atoms with Gasteiger partial charge in [-0.15, -0.1) is 0 Å². The average Bonchev–Trinajstić information content (AvgIpc) is 3.07. The van der Waals surface area contributed by atoms with Gasteiger partial charge in [0, 0.05) is 18.7 Å². The van der Waals surface area contributed by atoms with Crippen LogP contribution in [-0.2, 0) is 4.79 Å². The monoisotopic (exact) mass is 313 g/mol.